The van der Waals surface area contributed by atoms with Gasteiger partial charge in [-0.05, 0) is 30.2 Å². The fraction of sp³-hybridized carbons (Fsp3) is 0.190. The van der Waals surface area contributed by atoms with Gasteiger partial charge in [0.1, 0.15) is 5.82 Å². The summed E-state index contributed by atoms with van der Waals surface area (Å²) in [5, 5.41) is 5.28. The Balaban J connectivity index is 2.19. The van der Waals surface area contributed by atoms with Crippen LogP contribution in [-0.4, -0.2) is 21.6 Å². The highest BCUT2D eigenvalue weighted by atomic mass is 35.5. The number of amides is 2. The van der Waals surface area contributed by atoms with Crippen LogP contribution >= 0.6 is 11.6 Å². The molecule has 27 heavy (non-hydrogen) atoms. The van der Waals surface area contributed by atoms with Gasteiger partial charge in [0, 0.05) is 24.4 Å². The van der Waals surface area contributed by atoms with Gasteiger partial charge in [0.05, 0.1) is 12.2 Å². The first kappa shape index (κ1) is 18.9. The van der Waals surface area contributed by atoms with Crippen LogP contribution in [0.2, 0.25) is 5.02 Å². The van der Waals surface area contributed by atoms with E-state index in [1.807, 2.05) is 49.4 Å². The minimum absolute atomic E-state index is 0.350. The quantitative estimate of drug-likeness (QED) is 0.670. The molecule has 0 aliphatic heterocycles. The molecule has 0 N–H and O–H groups in total. The zero-order valence-corrected chi connectivity index (χ0v) is 16.2. The van der Waals surface area contributed by atoms with E-state index in [1.165, 1.54) is 18.7 Å². The second-order valence-corrected chi connectivity index (χ2v) is 6.74. The van der Waals surface area contributed by atoms with Crippen molar-refractivity contribution >= 4 is 29.2 Å². The Labute approximate surface area is 163 Å². The van der Waals surface area contributed by atoms with E-state index >= 15 is 0 Å². The minimum atomic E-state index is -0.350. The van der Waals surface area contributed by atoms with E-state index in [0.717, 1.165) is 22.4 Å². The molecule has 138 valence electrons. The van der Waals surface area contributed by atoms with E-state index in [4.69, 9.17) is 11.6 Å². The van der Waals surface area contributed by atoms with Crippen LogP contribution in [0.4, 0.5) is 5.82 Å². The van der Waals surface area contributed by atoms with E-state index in [-0.39, 0.29) is 11.8 Å². The number of anilines is 1. The molecule has 0 bridgehead atoms. The first-order valence-electron chi connectivity index (χ1n) is 8.57. The summed E-state index contributed by atoms with van der Waals surface area (Å²) in [6, 6.07) is 17.1. The lowest BCUT2D eigenvalue weighted by Crippen LogP contribution is -2.35. The van der Waals surface area contributed by atoms with Crippen LogP contribution in [0.5, 0.6) is 0 Å². The van der Waals surface area contributed by atoms with Crippen molar-refractivity contribution in [1.29, 1.82) is 0 Å². The molecule has 0 unspecified atom stereocenters. The Kier molecular flexibility index (Phi) is 5.42. The Morgan fingerprint density at radius 3 is 2.15 bits per heavy atom. The number of rotatable bonds is 4. The normalized spacial score (nSPS) is 10.7. The molecular formula is C21H20ClN3O2. The molecule has 0 radical (unpaired) electrons. The maximum Gasteiger partial charge on any atom is 0.231 e. The van der Waals surface area contributed by atoms with Crippen molar-refractivity contribution in [2.45, 2.75) is 27.3 Å². The van der Waals surface area contributed by atoms with Gasteiger partial charge in [-0.1, -0.05) is 54.1 Å². The monoisotopic (exact) mass is 381 g/mol. The van der Waals surface area contributed by atoms with Gasteiger partial charge in [0.25, 0.3) is 0 Å². The molecule has 2 amide bonds. The zero-order valence-electron chi connectivity index (χ0n) is 15.4. The standard InChI is InChI=1S/C21H20ClN3O2/c1-14-20(18-7-5-4-6-8-18)21(25(15(2)26)16(3)27)24(23-14)13-17-9-11-19(22)12-10-17/h4-12H,13H2,1-3H3. The Morgan fingerprint density at radius 2 is 1.59 bits per heavy atom. The average Bonchev–Trinajstić information content (AvgIpc) is 2.93. The zero-order chi connectivity index (χ0) is 19.6. The number of imide groups is 1. The van der Waals surface area contributed by atoms with Crippen molar-refractivity contribution in [3.63, 3.8) is 0 Å². The second kappa shape index (κ2) is 7.76. The molecule has 0 fully saturated rings. The summed E-state index contributed by atoms with van der Waals surface area (Å²) in [6.45, 7) is 5.05. The van der Waals surface area contributed by atoms with Crippen LogP contribution in [0.15, 0.2) is 54.6 Å². The van der Waals surface area contributed by atoms with Gasteiger partial charge in [-0.15, -0.1) is 0 Å². The van der Waals surface area contributed by atoms with Crippen molar-refractivity contribution < 1.29 is 9.59 Å². The van der Waals surface area contributed by atoms with E-state index in [9.17, 15) is 9.59 Å². The number of benzene rings is 2. The third-order valence-electron chi connectivity index (χ3n) is 4.25. The molecule has 0 atom stereocenters. The molecular weight excluding hydrogens is 362 g/mol. The third kappa shape index (κ3) is 3.93. The highest BCUT2D eigenvalue weighted by Gasteiger charge is 2.27. The van der Waals surface area contributed by atoms with Gasteiger partial charge in [0.15, 0.2) is 0 Å². The van der Waals surface area contributed by atoms with Gasteiger partial charge in [-0.25, -0.2) is 9.58 Å². The molecule has 3 rings (SSSR count). The van der Waals surface area contributed by atoms with Gasteiger partial charge in [0.2, 0.25) is 11.8 Å². The molecule has 1 heterocycles. The second-order valence-electron chi connectivity index (χ2n) is 6.31. The van der Waals surface area contributed by atoms with E-state index < -0.39 is 0 Å². The maximum absolute atomic E-state index is 12.3. The van der Waals surface area contributed by atoms with Gasteiger partial charge in [-0.2, -0.15) is 5.10 Å². The van der Waals surface area contributed by atoms with Crippen molar-refractivity contribution in [1.82, 2.24) is 9.78 Å². The minimum Gasteiger partial charge on any atom is -0.274 e. The number of carbonyl (C=O) groups is 2. The number of carbonyl (C=O) groups excluding carboxylic acids is 2. The molecule has 0 spiro atoms. The smallest absolute Gasteiger partial charge is 0.231 e. The molecule has 1 aromatic heterocycles. The number of halogens is 1. The predicted octanol–water partition coefficient (Wildman–Crippen LogP) is 4.46. The van der Waals surface area contributed by atoms with Crippen LogP contribution in [-0.2, 0) is 16.1 Å². The third-order valence-corrected chi connectivity index (χ3v) is 4.50. The van der Waals surface area contributed by atoms with Crippen LogP contribution in [0, 0.1) is 6.92 Å². The highest BCUT2D eigenvalue weighted by molar-refractivity contribution is 6.30. The topological polar surface area (TPSA) is 55.2 Å². The molecule has 6 heteroatoms. The van der Waals surface area contributed by atoms with Gasteiger partial charge < -0.3 is 0 Å². The van der Waals surface area contributed by atoms with E-state index in [1.54, 1.807) is 16.8 Å². The predicted molar refractivity (Wildman–Crippen MR) is 107 cm³/mol. The fourth-order valence-corrected chi connectivity index (χ4v) is 3.26. The largest absolute Gasteiger partial charge is 0.274 e. The fourth-order valence-electron chi connectivity index (χ4n) is 3.13. The highest BCUT2D eigenvalue weighted by Crippen LogP contribution is 2.35. The van der Waals surface area contributed by atoms with E-state index in [0.29, 0.717) is 17.4 Å². The van der Waals surface area contributed by atoms with E-state index in [2.05, 4.69) is 5.10 Å². The maximum atomic E-state index is 12.3. The Morgan fingerprint density at radius 1 is 1.00 bits per heavy atom. The van der Waals surface area contributed by atoms with Crippen LogP contribution in [0.25, 0.3) is 11.1 Å². The van der Waals surface area contributed by atoms with Crippen molar-refractivity contribution in [3.05, 3.63) is 70.9 Å². The lowest BCUT2D eigenvalue weighted by Gasteiger charge is -2.21. The number of hydrogen-bond acceptors (Lipinski definition) is 3. The van der Waals surface area contributed by atoms with Crippen molar-refractivity contribution in [2.75, 3.05) is 4.90 Å². The number of aryl methyl sites for hydroxylation is 1. The first-order chi connectivity index (χ1) is 12.9. The van der Waals surface area contributed by atoms with Crippen LogP contribution < -0.4 is 4.90 Å². The number of nitrogens with zero attached hydrogens (tertiary/aromatic N) is 3. The number of hydrogen-bond donors (Lipinski definition) is 0. The molecule has 0 aliphatic rings. The van der Waals surface area contributed by atoms with Gasteiger partial charge in [-0.3, -0.25) is 9.59 Å². The van der Waals surface area contributed by atoms with Gasteiger partial charge >= 0.3 is 0 Å². The summed E-state index contributed by atoms with van der Waals surface area (Å²) in [5.74, 6) is -0.220. The molecule has 0 saturated carbocycles. The van der Waals surface area contributed by atoms with Crippen LogP contribution in [0.3, 0.4) is 0 Å². The average molecular weight is 382 g/mol. The molecule has 5 nitrogen and oxygen atoms in total. The molecule has 0 aliphatic carbocycles. The molecule has 3 aromatic rings. The summed E-state index contributed by atoms with van der Waals surface area (Å²) in [6.07, 6.45) is 0. The van der Waals surface area contributed by atoms with Crippen LogP contribution in [0.1, 0.15) is 25.1 Å². The first-order valence-corrected chi connectivity index (χ1v) is 8.95. The van der Waals surface area contributed by atoms with Crippen molar-refractivity contribution in [2.24, 2.45) is 0 Å². The SMILES string of the molecule is CC(=O)N(C(C)=O)c1c(-c2ccccc2)c(C)nn1Cc1ccc(Cl)cc1. The summed E-state index contributed by atoms with van der Waals surface area (Å²) < 4.78 is 1.70. The Hall–Kier alpha value is -2.92. The lowest BCUT2D eigenvalue weighted by molar-refractivity contribution is -0.124. The van der Waals surface area contributed by atoms with Crippen molar-refractivity contribution in [3.8, 4) is 11.1 Å². The lowest BCUT2D eigenvalue weighted by atomic mass is 10.1. The molecule has 0 saturated heterocycles. The molecule has 2 aromatic carbocycles. The summed E-state index contributed by atoms with van der Waals surface area (Å²) >= 11 is 5.97. The number of aromatic nitrogens is 2. The summed E-state index contributed by atoms with van der Waals surface area (Å²) in [4.78, 5) is 25.7. The Bertz CT molecular complexity index is 965. The summed E-state index contributed by atoms with van der Waals surface area (Å²) in [7, 11) is 0. The summed E-state index contributed by atoms with van der Waals surface area (Å²) in [5.41, 5.74) is 3.39.